The molecule has 0 aliphatic carbocycles. The Morgan fingerprint density at radius 1 is 0.431 bits per heavy atom. The van der Waals surface area contributed by atoms with Crippen LogP contribution >= 0.6 is 173 Å². The maximum atomic E-state index is 14.1. The van der Waals surface area contributed by atoms with Gasteiger partial charge in [0.15, 0.2) is 0 Å². The molecule has 0 saturated carbocycles. The van der Waals surface area contributed by atoms with Crippen LogP contribution in [0.2, 0.25) is 0 Å². The zero-order chi connectivity index (χ0) is 99.4. The predicted octanol–water partition coefficient (Wildman–Crippen LogP) is 24.7. The Balaban J connectivity index is 0.000000156. The molecule has 1 saturated heterocycles. The first-order valence-electron chi connectivity index (χ1n) is 39.4. The van der Waals surface area contributed by atoms with E-state index in [1.807, 2.05) is 138 Å². The molecular weight excluding hydrogens is 2190 g/mol. The Morgan fingerprint density at radius 2 is 0.759 bits per heavy atom. The van der Waals surface area contributed by atoms with Crippen molar-refractivity contribution in [2.24, 2.45) is 0 Å². The molecule has 0 radical (unpaired) electrons. The van der Waals surface area contributed by atoms with Crippen LogP contribution in [0.15, 0.2) is 210 Å². The molecule has 4 N–H and O–H groups in total. The number of aromatic nitrogens is 12. The van der Waals surface area contributed by atoms with E-state index in [0.29, 0.717) is 10.1 Å². The van der Waals surface area contributed by atoms with Crippen LogP contribution in [0.5, 0.6) is 0 Å². The normalized spacial score (nSPS) is 11.9. The van der Waals surface area contributed by atoms with E-state index in [4.69, 9.17) is 20.9 Å². The number of halogens is 10. The third-order valence-corrected chi connectivity index (χ3v) is 29.5. The molecule has 14 aromatic heterocycles. The molecule has 6 amide bonds. The van der Waals surface area contributed by atoms with Crippen LogP contribution in [0, 0.1) is 72.7 Å². The number of nitrogens with zero attached hydrogens (tertiary/aromatic N) is 14. The summed E-state index contributed by atoms with van der Waals surface area (Å²) < 4.78 is 103. The van der Waals surface area contributed by atoms with Gasteiger partial charge in [-0.25, -0.2) is 69.9 Å². The van der Waals surface area contributed by atoms with Gasteiger partial charge in [0.25, 0.3) is 17.1 Å². The summed E-state index contributed by atoms with van der Waals surface area (Å²) in [5.41, 5.74) is 4.35. The number of carbonyl (C=O) groups excluding carboxylic acids is 7. The summed E-state index contributed by atoms with van der Waals surface area (Å²) in [4.78, 5) is 110. The minimum absolute atomic E-state index is 0.0330. The van der Waals surface area contributed by atoms with Gasteiger partial charge in [0.1, 0.15) is 56.6 Å². The van der Waals surface area contributed by atoms with E-state index >= 15 is 0 Å². The van der Waals surface area contributed by atoms with Crippen molar-refractivity contribution in [1.29, 1.82) is 0 Å². The summed E-state index contributed by atoms with van der Waals surface area (Å²) in [6.07, 6.45) is 14.5. The predicted molar refractivity (Wildman–Crippen MR) is 542 cm³/mol. The van der Waals surface area contributed by atoms with E-state index < -0.39 is 79.5 Å². The summed E-state index contributed by atoms with van der Waals surface area (Å²) in [5.74, 6) is -8.38. The van der Waals surface area contributed by atoms with Crippen molar-refractivity contribution in [3.8, 4) is 51.8 Å². The van der Waals surface area contributed by atoms with Gasteiger partial charge in [0, 0.05) is 142 Å². The number of benzene rings is 3. The molecule has 17 aromatic rings. The average molecular weight is 2270 g/mol. The maximum Gasteiger partial charge on any atom is 0.498 e. The molecule has 1 aliphatic heterocycles. The van der Waals surface area contributed by atoms with E-state index in [-0.39, 0.29) is 46.0 Å². The number of hydrogen-bond donors (Lipinski definition) is 4. The highest BCUT2D eigenvalue weighted by Gasteiger charge is 2.53. The van der Waals surface area contributed by atoms with Crippen LogP contribution in [0.1, 0.15) is 109 Å². The van der Waals surface area contributed by atoms with E-state index in [9.17, 15) is 70.0 Å². The van der Waals surface area contributed by atoms with Crippen molar-refractivity contribution in [1.82, 2.24) is 59.1 Å². The van der Waals surface area contributed by atoms with Crippen molar-refractivity contribution in [3.05, 3.63) is 294 Å². The standard InChI is InChI=1S/C20H14F2N4O2S2.C18H12F2N4OS2.C13H18BN3O2S.C13H12N4OS2.C7H3ClF2O.2C6H6BrNOS.C4H2BrNO2S/c1-11-13(10-25(24-11)20-23-8-9-29-20)16-6-7-17(30-16)26(12(2)27)19(28)18-14(21)4-3-5-15(18)22;1-10-11(9-24(23-10)18-21-7-8-26-18)14-5-6-15(27-14)22-17(25)16-12(19)3-2-4-13(16)20;1-9-10(8-17(16-9)11-15-6-7-20-11)14-18-12(2,3)13(4,5)19-14;1-8-10(7-17(16-8)13-14-5-6-19-13)11-3-4-12(20-11)15-9(2)18;8-7(11)6-4(9)2-1-3-5(6)10;2*1-4(9)8-6-3-2-5(7)10-6;5-3-1-2-4(9-3)6(7)8/h3-10H,1-2H3;2-9H,1H3,(H,22,25);6-8H,1-5H3;3-7H,1-2H3,(H,15,18);1-3H;2*2-3H,1H3,(H,8,9);1-2H. The number of carbonyl (C=O) groups is 7. The zero-order valence-electron chi connectivity index (χ0n) is 73.2. The van der Waals surface area contributed by atoms with Crippen molar-refractivity contribution in [2.75, 3.05) is 26.2 Å². The van der Waals surface area contributed by atoms with E-state index in [0.717, 1.165) is 177 Å². The van der Waals surface area contributed by atoms with Crippen LogP contribution in [-0.4, -0.2) is 123 Å². The lowest BCUT2D eigenvalue weighted by molar-refractivity contribution is -0.380. The third-order valence-electron chi connectivity index (χ3n) is 18.5. The number of nitro groups is 1. The lowest BCUT2D eigenvalue weighted by Crippen LogP contribution is -2.41. The number of thiophene rings is 6. The second-order valence-corrected chi connectivity index (χ2v) is 43.3. The van der Waals surface area contributed by atoms with Gasteiger partial charge >= 0.3 is 12.1 Å². The van der Waals surface area contributed by atoms with Crippen molar-refractivity contribution >= 4 is 256 Å². The summed E-state index contributed by atoms with van der Waals surface area (Å²) in [5, 5.41) is 51.7. The Labute approximate surface area is 848 Å². The lowest BCUT2D eigenvalue weighted by atomic mass is 9.79. The van der Waals surface area contributed by atoms with Gasteiger partial charge < -0.3 is 30.6 Å². The van der Waals surface area contributed by atoms with Gasteiger partial charge in [-0.2, -0.15) is 20.4 Å². The molecule has 1 fully saturated rings. The van der Waals surface area contributed by atoms with Gasteiger partial charge in [0.05, 0.1) is 70.3 Å². The van der Waals surface area contributed by atoms with Crippen molar-refractivity contribution in [3.63, 3.8) is 0 Å². The number of amides is 6. The van der Waals surface area contributed by atoms with Crippen molar-refractivity contribution < 1.29 is 74.1 Å². The Kier molecular flexibility index (Phi) is 37.4. The second kappa shape index (κ2) is 48.3. The number of rotatable bonds is 17. The molecule has 0 bridgehead atoms. The number of anilines is 5. The van der Waals surface area contributed by atoms with Crippen LogP contribution in [0.4, 0.5) is 56.3 Å². The molecule has 3 aromatic carbocycles. The van der Waals surface area contributed by atoms with Crippen LogP contribution in [0.25, 0.3) is 51.8 Å². The molecule has 1 aliphatic rings. The molecule has 18 rings (SSSR count). The van der Waals surface area contributed by atoms with Gasteiger partial charge in [0.2, 0.25) is 44.2 Å². The molecule has 50 heteroatoms. The first-order chi connectivity index (χ1) is 65.0. The Bertz CT molecular complexity index is 6970. The highest BCUT2D eigenvalue weighted by Crippen LogP contribution is 2.41. The highest BCUT2D eigenvalue weighted by molar-refractivity contribution is 9.11. The van der Waals surface area contributed by atoms with Gasteiger partial charge in [-0.05, 0) is 218 Å². The molecule has 137 heavy (non-hydrogen) atoms. The molecular formula is C87H73BBr3ClF6N18O11S10. The lowest BCUT2D eigenvalue weighted by Gasteiger charge is -2.32. The maximum absolute atomic E-state index is 14.1. The SMILES string of the molecule is CC(=O)N(C(=O)c1c(F)cccc1F)c1ccc(-c2cn(-c3nccs3)nc2C)s1.CC(=O)Nc1ccc(-c2cn(-c3nccs3)nc2C)s1.CC(=O)Nc1ccc(Br)s1.CC(=O)Nc1ccc(Br)s1.Cc1nn(-c2nccs2)cc1-c1ccc(NC(=O)c2c(F)cccc2F)s1.Cc1nn(-c2nccs2)cc1B1OC(C)(C)C(C)(C)O1.O=C(Cl)c1c(F)cccc1F.O=[N+]([O-])c1ccc(Br)s1. The highest BCUT2D eigenvalue weighted by atomic mass is 79.9. The third kappa shape index (κ3) is 28.7. The fourth-order valence-corrected chi connectivity index (χ4v) is 21.0. The molecule has 29 nitrogen and oxygen atoms in total. The largest absolute Gasteiger partial charge is 0.498 e. The molecule has 710 valence electrons. The zero-order valence-corrected chi connectivity index (χ0v) is 86.9. The van der Waals surface area contributed by atoms with Crippen LogP contribution in [-0.2, 0) is 28.5 Å². The summed E-state index contributed by atoms with van der Waals surface area (Å²) in [6, 6.07) is 30.9. The van der Waals surface area contributed by atoms with Gasteiger partial charge in [-0.3, -0.25) is 43.7 Å². The number of thiazole rings is 4. The van der Waals surface area contributed by atoms with Gasteiger partial charge in [-0.15, -0.1) is 102 Å². The smallest absolute Gasteiger partial charge is 0.399 e. The second-order valence-electron chi connectivity index (χ2n) is 28.9. The monoisotopic (exact) mass is 2260 g/mol. The van der Waals surface area contributed by atoms with E-state index in [1.54, 1.807) is 96.7 Å². The molecule has 15 heterocycles. The number of aryl methyl sites for hydroxylation is 4. The fraction of sp³-hybridized carbons (Fsp3) is 0.161. The minimum Gasteiger partial charge on any atom is -0.399 e. The first kappa shape index (κ1) is 106. The quantitative estimate of drug-likeness (QED) is 0.0216. The van der Waals surface area contributed by atoms with E-state index in [2.05, 4.69) is 109 Å². The topological polar surface area (TPSA) is 355 Å². The Morgan fingerprint density at radius 3 is 1.08 bits per heavy atom. The summed E-state index contributed by atoms with van der Waals surface area (Å²) >= 11 is 28.7. The van der Waals surface area contributed by atoms with Gasteiger partial charge in [-0.1, -0.05) is 29.5 Å². The fourth-order valence-electron chi connectivity index (χ4n) is 11.7. The number of imide groups is 1. The summed E-state index contributed by atoms with van der Waals surface area (Å²) in [6.45, 7) is 21.5. The number of nitrogens with one attached hydrogen (secondary N) is 4. The molecule has 0 spiro atoms. The first-order valence-corrected chi connectivity index (χ1v) is 50.6. The summed E-state index contributed by atoms with van der Waals surface area (Å²) in [7, 11) is -0.381. The number of hydrogen-bond acceptors (Lipinski definition) is 29. The van der Waals surface area contributed by atoms with Crippen molar-refractivity contribution in [2.45, 2.75) is 94.3 Å². The molecule has 0 unspecified atom stereocenters. The van der Waals surface area contributed by atoms with Crippen LogP contribution in [0.3, 0.4) is 0 Å². The van der Waals surface area contributed by atoms with E-state index in [1.165, 1.54) is 108 Å². The Hall–Kier alpha value is -11.4. The van der Waals surface area contributed by atoms with Crippen LogP contribution < -0.4 is 31.6 Å². The molecule has 0 atom stereocenters. The average Bonchev–Trinajstić information content (AvgIpc) is 1.61. The minimum atomic E-state index is -1.12.